The van der Waals surface area contributed by atoms with Crippen LogP contribution in [-0.2, 0) is 0 Å². The van der Waals surface area contributed by atoms with Crippen LogP contribution in [-0.4, -0.2) is 50.3 Å². The van der Waals surface area contributed by atoms with Gasteiger partial charge in [-0.15, -0.1) is 0 Å². The summed E-state index contributed by atoms with van der Waals surface area (Å²) in [4.78, 5) is 12.7. The molecule has 0 heterocycles. The summed E-state index contributed by atoms with van der Waals surface area (Å²) in [7, 11) is 7.23. The first kappa shape index (κ1) is 11.0. The molecule has 0 bridgehead atoms. The zero-order valence-electron chi connectivity index (χ0n) is 8.29. The van der Waals surface area contributed by atoms with E-state index in [4.69, 9.17) is 0 Å². The standard InChI is InChI=1S/C8H17N3O/c1-6-7-11(4,5)9-8(12)10(2)3/h6H,1,7H2,2-5H3/p+1. The van der Waals surface area contributed by atoms with Crippen LogP contribution < -0.4 is 5.43 Å². The molecule has 0 fully saturated rings. The molecule has 0 atom stereocenters. The quantitative estimate of drug-likeness (QED) is 0.374. The molecule has 0 aliphatic heterocycles. The second-order valence-electron chi connectivity index (χ2n) is 3.47. The van der Waals surface area contributed by atoms with E-state index < -0.39 is 0 Å². The minimum atomic E-state index is -0.0955. The lowest BCUT2D eigenvalue weighted by molar-refractivity contribution is -0.919. The van der Waals surface area contributed by atoms with Crippen LogP contribution in [0.5, 0.6) is 0 Å². The Hall–Kier alpha value is -1.03. The van der Waals surface area contributed by atoms with Crippen LogP contribution in [0.2, 0.25) is 0 Å². The number of nitrogens with one attached hydrogen (secondary N) is 1. The molecule has 0 saturated carbocycles. The largest absolute Gasteiger partial charge is 0.361 e. The van der Waals surface area contributed by atoms with Gasteiger partial charge in [-0.1, -0.05) is 6.58 Å². The zero-order valence-corrected chi connectivity index (χ0v) is 8.29. The highest BCUT2D eigenvalue weighted by atomic mass is 16.2. The molecule has 0 aromatic rings. The van der Waals surface area contributed by atoms with Crippen LogP contribution in [0.3, 0.4) is 0 Å². The summed E-state index contributed by atoms with van der Waals surface area (Å²) in [6, 6.07) is -0.0955. The number of urea groups is 1. The average molecular weight is 172 g/mol. The molecule has 0 radical (unpaired) electrons. The van der Waals surface area contributed by atoms with Crippen molar-refractivity contribution < 1.29 is 9.39 Å². The molecule has 0 aromatic heterocycles. The van der Waals surface area contributed by atoms with Gasteiger partial charge in [-0.3, -0.25) is 0 Å². The summed E-state index contributed by atoms with van der Waals surface area (Å²) in [5, 5.41) is 0. The molecular weight excluding hydrogens is 154 g/mol. The van der Waals surface area contributed by atoms with Gasteiger partial charge in [-0.2, -0.15) is 5.43 Å². The van der Waals surface area contributed by atoms with Crippen LogP contribution in [0.4, 0.5) is 4.79 Å². The highest BCUT2D eigenvalue weighted by molar-refractivity contribution is 5.72. The molecule has 1 N–H and O–H groups in total. The Labute approximate surface area is 74.0 Å². The first-order valence-electron chi connectivity index (χ1n) is 3.82. The molecule has 0 spiro atoms. The van der Waals surface area contributed by atoms with E-state index in [2.05, 4.69) is 12.0 Å². The monoisotopic (exact) mass is 172 g/mol. The number of likely N-dealkylation sites (N-methyl/N-ethyl adjacent to an activating group) is 1. The van der Waals surface area contributed by atoms with Crippen molar-refractivity contribution in [1.29, 1.82) is 0 Å². The topological polar surface area (TPSA) is 32.3 Å². The predicted octanol–water partition coefficient (Wildman–Crippen LogP) is 0.435. The number of carbonyl (C=O) groups excluding carboxylic acids is 1. The van der Waals surface area contributed by atoms with Crippen LogP contribution in [0.25, 0.3) is 0 Å². The minimum Gasteiger partial charge on any atom is -0.327 e. The molecule has 0 rings (SSSR count). The summed E-state index contributed by atoms with van der Waals surface area (Å²) >= 11 is 0. The minimum absolute atomic E-state index is 0.0955. The summed E-state index contributed by atoms with van der Waals surface area (Å²) in [5.41, 5.74) is 2.81. The third-order valence-corrected chi connectivity index (χ3v) is 1.39. The second-order valence-corrected chi connectivity index (χ2v) is 3.47. The van der Waals surface area contributed by atoms with Crippen molar-refractivity contribution in [3.63, 3.8) is 0 Å². The van der Waals surface area contributed by atoms with Crippen LogP contribution in [0.1, 0.15) is 0 Å². The maximum absolute atomic E-state index is 11.2. The van der Waals surface area contributed by atoms with Crippen molar-refractivity contribution in [1.82, 2.24) is 10.3 Å². The van der Waals surface area contributed by atoms with Gasteiger partial charge >= 0.3 is 6.03 Å². The molecule has 0 unspecified atom stereocenters. The van der Waals surface area contributed by atoms with Gasteiger partial charge in [0.05, 0.1) is 14.1 Å². The van der Waals surface area contributed by atoms with E-state index >= 15 is 0 Å². The average Bonchev–Trinajstić information content (AvgIpc) is 1.85. The predicted molar refractivity (Wildman–Crippen MR) is 49.4 cm³/mol. The Morgan fingerprint density at radius 1 is 1.58 bits per heavy atom. The molecular formula is C8H18N3O+. The highest BCUT2D eigenvalue weighted by Gasteiger charge is 2.17. The molecule has 12 heavy (non-hydrogen) atoms. The van der Waals surface area contributed by atoms with Crippen molar-refractivity contribution in [2.45, 2.75) is 0 Å². The molecule has 2 amide bonds. The van der Waals surface area contributed by atoms with Crippen molar-refractivity contribution >= 4 is 6.03 Å². The number of carbonyl (C=O) groups is 1. The molecule has 0 aliphatic carbocycles. The number of amides is 2. The van der Waals surface area contributed by atoms with Gasteiger partial charge < -0.3 is 4.90 Å². The number of hydrogen-bond acceptors (Lipinski definition) is 1. The molecule has 4 heteroatoms. The Morgan fingerprint density at radius 2 is 2.08 bits per heavy atom. The van der Waals surface area contributed by atoms with Gasteiger partial charge in [-0.05, 0) is 6.08 Å². The highest BCUT2D eigenvalue weighted by Crippen LogP contribution is 1.91. The lowest BCUT2D eigenvalue weighted by Gasteiger charge is -2.28. The number of hydrogen-bond donors (Lipinski definition) is 1. The summed E-state index contributed by atoms with van der Waals surface area (Å²) in [5.74, 6) is 0. The van der Waals surface area contributed by atoms with Gasteiger partial charge in [0.15, 0.2) is 0 Å². The normalized spacial score (nSPS) is 10.7. The SMILES string of the molecule is C=CC[N+](C)(C)NC(=O)N(C)C. The summed E-state index contributed by atoms with van der Waals surface area (Å²) in [6.07, 6.45) is 1.77. The fourth-order valence-corrected chi connectivity index (χ4v) is 0.727. The third-order valence-electron chi connectivity index (χ3n) is 1.39. The number of quaternary nitrogens is 1. The Kier molecular flexibility index (Phi) is 3.76. The van der Waals surface area contributed by atoms with Crippen LogP contribution in [0.15, 0.2) is 12.7 Å². The first-order chi connectivity index (χ1) is 5.39. The summed E-state index contributed by atoms with van der Waals surface area (Å²) < 4.78 is 0.417. The van der Waals surface area contributed by atoms with Gasteiger partial charge in [-0.25, -0.2) is 9.39 Å². The third kappa shape index (κ3) is 3.98. The van der Waals surface area contributed by atoms with Crippen molar-refractivity contribution in [2.75, 3.05) is 34.7 Å². The number of nitrogens with zero attached hydrogens (tertiary/aromatic N) is 2. The van der Waals surface area contributed by atoms with Gasteiger partial charge in [0, 0.05) is 14.1 Å². The van der Waals surface area contributed by atoms with Crippen molar-refractivity contribution in [2.24, 2.45) is 0 Å². The fourth-order valence-electron chi connectivity index (χ4n) is 0.727. The Morgan fingerprint density at radius 3 is 2.42 bits per heavy atom. The molecule has 4 nitrogen and oxygen atoms in total. The maximum Gasteiger partial charge on any atom is 0.361 e. The van der Waals surface area contributed by atoms with Crippen molar-refractivity contribution in [3.8, 4) is 0 Å². The zero-order chi connectivity index (χ0) is 9.78. The second kappa shape index (κ2) is 4.11. The van der Waals surface area contributed by atoms with Gasteiger partial charge in [0.25, 0.3) is 0 Å². The van der Waals surface area contributed by atoms with Crippen LogP contribution >= 0.6 is 0 Å². The fraction of sp³-hybridized carbons (Fsp3) is 0.625. The lowest BCUT2D eigenvalue weighted by atomic mass is 10.5. The molecule has 70 valence electrons. The van der Waals surface area contributed by atoms with E-state index in [9.17, 15) is 4.79 Å². The summed E-state index contributed by atoms with van der Waals surface area (Å²) in [6.45, 7) is 4.33. The van der Waals surface area contributed by atoms with E-state index in [1.165, 1.54) is 4.90 Å². The lowest BCUT2D eigenvalue weighted by Crippen LogP contribution is -2.56. The number of rotatable bonds is 3. The van der Waals surface area contributed by atoms with E-state index in [0.29, 0.717) is 11.1 Å². The van der Waals surface area contributed by atoms with Crippen LogP contribution in [0, 0.1) is 0 Å². The van der Waals surface area contributed by atoms with E-state index in [-0.39, 0.29) is 6.03 Å². The van der Waals surface area contributed by atoms with E-state index in [0.717, 1.165) is 0 Å². The van der Waals surface area contributed by atoms with Gasteiger partial charge in [0.2, 0.25) is 0 Å². The molecule has 0 aromatic carbocycles. The van der Waals surface area contributed by atoms with E-state index in [1.54, 1.807) is 20.2 Å². The van der Waals surface area contributed by atoms with Crippen molar-refractivity contribution in [3.05, 3.63) is 12.7 Å². The molecule has 0 saturated heterocycles. The Bertz CT molecular complexity index is 175. The van der Waals surface area contributed by atoms with Gasteiger partial charge in [0.1, 0.15) is 6.54 Å². The Balaban J connectivity index is 4.05. The van der Waals surface area contributed by atoms with E-state index in [1.807, 2.05) is 14.1 Å². The smallest absolute Gasteiger partial charge is 0.327 e. The maximum atomic E-state index is 11.2. The first-order valence-corrected chi connectivity index (χ1v) is 3.82. The molecule has 0 aliphatic rings.